The summed E-state index contributed by atoms with van der Waals surface area (Å²) in [6, 6.07) is 4.31. The van der Waals surface area contributed by atoms with E-state index >= 15 is 0 Å². The lowest BCUT2D eigenvalue weighted by molar-refractivity contribution is -0.385. The summed E-state index contributed by atoms with van der Waals surface area (Å²) in [4.78, 5) is 21.6. The first kappa shape index (κ1) is 12.6. The minimum Gasteiger partial charge on any atom is -0.465 e. The van der Waals surface area contributed by atoms with Crippen molar-refractivity contribution in [2.45, 2.75) is 6.54 Å². The molecule has 7 nitrogen and oxygen atoms in total. The molecule has 0 aliphatic heterocycles. The number of nitro benzene ring substituents is 1. The van der Waals surface area contributed by atoms with Crippen LogP contribution in [0, 0.1) is 21.4 Å². The number of hydrogen-bond donors (Lipinski definition) is 1. The average Bonchev–Trinajstić information content (AvgIpc) is 2.35. The average molecular weight is 235 g/mol. The van der Waals surface area contributed by atoms with Crippen LogP contribution in [-0.4, -0.2) is 18.0 Å². The van der Waals surface area contributed by atoms with Crippen molar-refractivity contribution in [2.24, 2.45) is 5.73 Å². The molecule has 0 spiro atoms. The first-order valence-electron chi connectivity index (χ1n) is 4.55. The van der Waals surface area contributed by atoms with Crippen LogP contribution in [0.2, 0.25) is 0 Å². The Morgan fingerprint density at radius 3 is 2.71 bits per heavy atom. The molecule has 0 saturated carbocycles. The molecule has 2 N–H and O–H groups in total. The van der Waals surface area contributed by atoms with Crippen molar-refractivity contribution in [3.05, 3.63) is 38.9 Å². The van der Waals surface area contributed by atoms with Crippen molar-refractivity contribution < 1.29 is 14.5 Å². The number of nitrogens with zero attached hydrogens (tertiary/aromatic N) is 2. The fourth-order valence-electron chi connectivity index (χ4n) is 1.41. The van der Waals surface area contributed by atoms with Gasteiger partial charge in [0.25, 0.3) is 0 Å². The quantitative estimate of drug-likeness (QED) is 0.468. The molecule has 17 heavy (non-hydrogen) atoms. The maximum atomic E-state index is 11.5. The molecule has 0 amide bonds. The van der Waals surface area contributed by atoms with Crippen molar-refractivity contribution in [1.29, 1.82) is 5.26 Å². The SMILES string of the molecule is COC(=O)c1c(CN)ccc(C#N)c1[N+](=O)[O-]. The molecule has 1 aromatic carbocycles. The third kappa shape index (κ3) is 2.21. The van der Waals surface area contributed by atoms with Crippen LogP contribution in [0.4, 0.5) is 5.69 Å². The minimum atomic E-state index is -0.880. The number of nitrogens with two attached hydrogens (primary N) is 1. The van der Waals surface area contributed by atoms with Gasteiger partial charge in [0.1, 0.15) is 17.2 Å². The van der Waals surface area contributed by atoms with Crippen molar-refractivity contribution in [1.82, 2.24) is 0 Å². The Bertz CT molecular complexity index is 519. The molecule has 0 aliphatic rings. The standard InChI is InChI=1S/C10H9N3O4/c1-17-10(14)8-6(4-11)2-3-7(5-12)9(8)13(15)16/h2-3H,4,11H2,1H3. The monoisotopic (exact) mass is 235 g/mol. The molecule has 1 aromatic rings. The molecule has 7 heteroatoms. The third-order valence-corrected chi connectivity index (χ3v) is 2.18. The topological polar surface area (TPSA) is 119 Å². The summed E-state index contributed by atoms with van der Waals surface area (Å²) in [7, 11) is 1.10. The van der Waals surface area contributed by atoms with Gasteiger partial charge in [0.2, 0.25) is 0 Å². The summed E-state index contributed by atoms with van der Waals surface area (Å²) in [5, 5.41) is 19.7. The van der Waals surface area contributed by atoms with Crippen molar-refractivity contribution >= 4 is 11.7 Å². The first-order valence-corrected chi connectivity index (χ1v) is 4.55. The summed E-state index contributed by atoms with van der Waals surface area (Å²) in [6.07, 6.45) is 0. The summed E-state index contributed by atoms with van der Waals surface area (Å²) in [5.74, 6) is -0.880. The normalized spacial score (nSPS) is 9.47. The number of methoxy groups -OCH3 is 1. The number of carbonyl (C=O) groups is 1. The molecule has 0 heterocycles. The van der Waals surface area contributed by atoms with Gasteiger partial charge in [-0.3, -0.25) is 10.1 Å². The van der Waals surface area contributed by atoms with E-state index in [9.17, 15) is 14.9 Å². The van der Waals surface area contributed by atoms with Crippen LogP contribution < -0.4 is 5.73 Å². The van der Waals surface area contributed by atoms with Crippen LogP contribution in [0.3, 0.4) is 0 Å². The molecule has 0 aromatic heterocycles. The Morgan fingerprint density at radius 1 is 1.65 bits per heavy atom. The van der Waals surface area contributed by atoms with Crippen LogP contribution >= 0.6 is 0 Å². The Morgan fingerprint density at radius 2 is 2.29 bits per heavy atom. The zero-order valence-electron chi connectivity index (χ0n) is 8.97. The van der Waals surface area contributed by atoms with Gasteiger partial charge >= 0.3 is 11.7 Å². The van der Waals surface area contributed by atoms with Gasteiger partial charge in [-0.15, -0.1) is 0 Å². The van der Waals surface area contributed by atoms with Gasteiger partial charge in [-0.05, 0) is 11.6 Å². The second-order valence-electron chi connectivity index (χ2n) is 3.06. The highest BCUT2D eigenvalue weighted by atomic mass is 16.6. The van der Waals surface area contributed by atoms with Gasteiger partial charge in [0, 0.05) is 6.54 Å². The lowest BCUT2D eigenvalue weighted by atomic mass is 10.0. The zero-order valence-corrected chi connectivity index (χ0v) is 8.97. The van der Waals surface area contributed by atoms with E-state index in [1.165, 1.54) is 12.1 Å². The molecule has 0 aliphatic carbocycles. The number of nitro groups is 1. The third-order valence-electron chi connectivity index (χ3n) is 2.18. The van der Waals surface area contributed by atoms with E-state index in [1.54, 1.807) is 6.07 Å². The predicted molar refractivity (Wildman–Crippen MR) is 57.0 cm³/mol. The Hall–Kier alpha value is -2.46. The molecule has 0 saturated heterocycles. The molecule has 0 fully saturated rings. The van der Waals surface area contributed by atoms with E-state index in [1.807, 2.05) is 0 Å². The molecule has 1 rings (SSSR count). The highest BCUT2D eigenvalue weighted by Gasteiger charge is 2.28. The van der Waals surface area contributed by atoms with Gasteiger partial charge in [0.15, 0.2) is 0 Å². The van der Waals surface area contributed by atoms with E-state index < -0.39 is 16.6 Å². The molecule has 0 radical (unpaired) electrons. The second kappa shape index (κ2) is 5.05. The molecule has 0 atom stereocenters. The number of benzene rings is 1. The summed E-state index contributed by atoms with van der Waals surface area (Å²) >= 11 is 0. The van der Waals surface area contributed by atoms with Crippen LogP contribution in [0.5, 0.6) is 0 Å². The number of esters is 1. The maximum Gasteiger partial charge on any atom is 0.345 e. The fraction of sp³-hybridized carbons (Fsp3) is 0.200. The minimum absolute atomic E-state index is 0.0585. The second-order valence-corrected chi connectivity index (χ2v) is 3.06. The number of nitriles is 1. The smallest absolute Gasteiger partial charge is 0.345 e. The van der Waals surface area contributed by atoms with Gasteiger partial charge < -0.3 is 10.5 Å². The maximum absolute atomic E-state index is 11.5. The number of carbonyl (C=O) groups excluding carboxylic acids is 1. The van der Waals surface area contributed by atoms with Gasteiger partial charge in [-0.25, -0.2) is 4.79 Å². The van der Waals surface area contributed by atoms with Gasteiger partial charge in [0.05, 0.1) is 12.0 Å². The highest BCUT2D eigenvalue weighted by molar-refractivity contribution is 5.96. The lowest BCUT2D eigenvalue weighted by Crippen LogP contribution is -2.13. The Balaban J connectivity index is 3.65. The van der Waals surface area contributed by atoms with Gasteiger partial charge in [-0.2, -0.15) is 5.26 Å². The Labute approximate surface area is 96.6 Å². The number of ether oxygens (including phenoxy) is 1. The van der Waals surface area contributed by atoms with E-state index in [0.717, 1.165) is 7.11 Å². The van der Waals surface area contributed by atoms with Crippen LogP contribution in [-0.2, 0) is 11.3 Å². The van der Waals surface area contributed by atoms with Crippen molar-refractivity contribution in [3.63, 3.8) is 0 Å². The molecule has 0 bridgehead atoms. The van der Waals surface area contributed by atoms with E-state index in [4.69, 9.17) is 11.0 Å². The summed E-state index contributed by atoms with van der Waals surface area (Å²) in [5.41, 5.74) is 4.62. The number of hydrogen-bond acceptors (Lipinski definition) is 6. The number of rotatable bonds is 3. The Kier molecular flexibility index (Phi) is 3.74. The fourth-order valence-corrected chi connectivity index (χ4v) is 1.41. The van der Waals surface area contributed by atoms with Crippen LogP contribution in [0.25, 0.3) is 0 Å². The van der Waals surface area contributed by atoms with Gasteiger partial charge in [-0.1, -0.05) is 6.07 Å². The summed E-state index contributed by atoms with van der Waals surface area (Å²) in [6.45, 7) is -0.0585. The van der Waals surface area contributed by atoms with Crippen LogP contribution in [0.1, 0.15) is 21.5 Å². The summed E-state index contributed by atoms with van der Waals surface area (Å²) < 4.78 is 4.46. The largest absolute Gasteiger partial charge is 0.465 e. The first-order chi connectivity index (χ1) is 8.06. The zero-order chi connectivity index (χ0) is 13.0. The molecular formula is C10H9N3O4. The van der Waals surface area contributed by atoms with E-state index in [-0.39, 0.29) is 23.2 Å². The lowest BCUT2D eigenvalue weighted by Gasteiger charge is -2.07. The molecular weight excluding hydrogens is 226 g/mol. The molecule has 88 valence electrons. The van der Waals surface area contributed by atoms with E-state index in [0.29, 0.717) is 0 Å². The van der Waals surface area contributed by atoms with Crippen molar-refractivity contribution in [2.75, 3.05) is 7.11 Å². The predicted octanol–water partition coefficient (Wildman–Crippen LogP) is 0.712. The van der Waals surface area contributed by atoms with E-state index in [2.05, 4.69) is 4.74 Å². The molecule has 0 unspecified atom stereocenters. The highest BCUT2D eigenvalue weighted by Crippen LogP contribution is 2.27. The van der Waals surface area contributed by atoms with Crippen molar-refractivity contribution in [3.8, 4) is 6.07 Å². The van der Waals surface area contributed by atoms with Crippen LogP contribution in [0.15, 0.2) is 12.1 Å².